The number of benzene rings is 1. The maximum Gasteiger partial charge on any atom is 0.119 e. The van der Waals surface area contributed by atoms with Crippen LogP contribution in [0.2, 0.25) is 0 Å². The van der Waals surface area contributed by atoms with Crippen molar-refractivity contribution in [1.29, 1.82) is 0 Å². The second-order valence-electron chi connectivity index (χ2n) is 4.07. The van der Waals surface area contributed by atoms with E-state index >= 15 is 0 Å². The molecule has 0 aliphatic rings. The zero-order chi connectivity index (χ0) is 11.5. The normalized spacial score (nSPS) is 10.8. The van der Waals surface area contributed by atoms with Gasteiger partial charge in [-0.05, 0) is 50.6 Å². The summed E-state index contributed by atoms with van der Waals surface area (Å²) >= 11 is 0. The third-order valence-electron chi connectivity index (χ3n) is 2.24. The zero-order valence-electron chi connectivity index (χ0n) is 9.82. The Morgan fingerprint density at radius 3 is 2.38 bits per heavy atom. The minimum atomic E-state index is 0.209. The monoisotopic (exact) mass is 216 g/mol. The number of nitrogens with zero attached hydrogens (tertiary/aromatic N) is 1. The summed E-state index contributed by atoms with van der Waals surface area (Å²) in [5, 5.41) is 0. The number of H-pyrrole nitrogens is 1. The highest BCUT2D eigenvalue weighted by molar-refractivity contribution is 5.59. The minimum Gasteiger partial charge on any atom is -0.491 e. The number of rotatable bonds is 3. The van der Waals surface area contributed by atoms with Crippen molar-refractivity contribution in [2.24, 2.45) is 0 Å². The number of aryl methyl sites for hydroxylation is 1. The van der Waals surface area contributed by atoms with Crippen molar-refractivity contribution in [3.8, 4) is 17.0 Å². The minimum absolute atomic E-state index is 0.209. The molecular weight excluding hydrogens is 200 g/mol. The standard InChI is InChI=1S/C13H16N2O/c1-9(2)16-12-6-4-11(5-7-12)13-8-14-10(3)15-13/h4-9H,1-3H3,(H,14,15). The van der Waals surface area contributed by atoms with E-state index in [9.17, 15) is 0 Å². The first kappa shape index (κ1) is 10.7. The molecular formula is C13H16N2O. The predicted octanol–water partition coefficient (Wildman–Crippen LogP) is 3.17. The predicted molar refractivity (Wildman–Crippen MR) is 64.5 cm³/mol. The van der Waals surface area contributed by atoms with Crippen LogP contribution in [0.4, 0.5) is 0 Å². The number of aromatic nitrogens is 2. The van der Waals surface area contributed by atoms with Crippen molar-refractivity contribution in [3.63, 3.8) is 0 Å². The number of nitrogens with one attached hydrogen (secondary N) is 1. The van der Waals surface area contributed by atoms with Gasteiger partial charge in [0.25, 0.3) is 0 Å². The molecule has 0 fully saturated rings. The van der Waals surface area contributed by atoms with Crippen LogP contribution in [0.25, 0.3) is 11.3 Å². The molecule has 84 valence electrons. The molecule has 0 aliphatic carbocycles. The highest BCUT2D eigenvalue weighted by Gasteiger charge is 2.02. The second kappa shape index (κ2) is 4.39. The third kappa shape index (κ3) is 2.42. The highest BCUT2D eigenvalue weighted by Crippen LogP contribution is 2.21. The van der Waals surface area contributed by atoms with Gasteiger partial charge >= 0.3 is 0 Å². The van der Waals surface area contributed by atoms with Crippen LogP contribution < -0.4 is 4.74 Å². The summed E-state index contributed by atoms with van der Waals surface area (Å²) in [5.41, 5.74) is 2.16. The summed E-state index contributed by atoms with van der Waals surface area (Å²) < 4.78 is 5.58. The van der Waals surface area contributed by atoms with Crippen molar-refractivity contribution < 1.29 is 4.74 Å². The molecule has 0 atom stereocenters. The summed E-state index contributed by atoms with van der Waals surface area (Å²) in [6, 6.07) is 8.02. The van der Waals surface area contributed by atoms with Gasteiger partial charge in [0, 0.05) is 0 Å². The first-order valence-electron chi connectivity index (χ1n) is 5.44. The highest BCUT2D eigenvalue weighted by atomic mass is 16.5. The van der Waals surface area contributed by atoms with E-state index < -0.39 is 0 Å². The molecule has 16 heavy (non-hydrogen) atoms. The Balaban J connectivity index is 2.19. The molecule has 1 N–H and O–H groups in total. The van der Waals surface area contributed by atoms with Crippen LogP contribution in [0, 0.1) is 6.92 Å². The lowest BCUT2D eigenvalue weighted by Gasteiger charge is -2.09. The largest absolute Gasteiger partial charge is 0.491 e. The van der Waals surface area contributed by atoms with Crippen LogP contribution >= 0.6 is 0 Å². The van der Waals surface area contributed by atoms with E-state index in [2.05, 4.69) is 9.97 Å². The Hall–Kier alpha value is -1.77. The molecule has 0 saturated heterocycles. The fourth-order valence-corrected chi connectivity index (χ4v) is 1.55. The Kier molecular flexibility index (Phi) is 2.95. The zero-order valence-corrected chi connectivity index (χ0v) is 9.82. The molecule has 0 amide bonds. The van der Waals surface area contributed by atoms with E-state index in [1.165, 1.54) is 0 Å². The Bertz CT molecular complexity index is 457. The lowest BCUT2D eigenvalue weighted by molar-refractivity contribution is 0.242. The van der Waals surface area contributed by atoms with Crippen LogP contribution in [-0.2, 0) is 0 Å². The van der Waals surface area contributed by atoms with Gasteiger partial charge in [-0.1, -0.05) is 0 Å². The van der Waals surface area contributed by atoms with E-state index in [4.69, 9.17) is 4.74 Å². The number of hydrogen-bond acceptors (Lipinski definition) is 2. The van der Waals surface area contributed by atoms with E-state index in [1.807, 2.05) is 51.2 Å². The molecule has 1 aromatic heterocycles. The van der Waals surface area contributed by atoms with Crippen LogP contribution in [0.15, 0.2) is 30.5 Å². The summed E-state index contributed by atoms with van der Waals surface area (Å²) in [5.74, 6) is 1.83. The number of ether oxygens (including phenoxy) is 1. The van der Waals surface area contributed by atoms with Crippen molar-refractivity contribution >= 4 is 0 Å². The third-order valence-corrected chi connectivity index (χ3v) is 2.24. The summed E-state index contributed by atoms with van der Waals surface area (Å²) in [7, 11) is 0. The summed E-state index contributed by atoms with van der Waals surface area (Å²) in [6.45, 7) is 5.98. The van der Waals surface area contributed by atoms with Crippen molar-refractivity contribution in [1.82, 2.24) is 9.97 Å². The molecule has 2 rings (SSSR count). The second-order valence-corrected chi connectivity index (χ2v) is 4.07. The van der Waals surface area contributed by atoms with Gasteiger partial charge in [-0.3, -0.25) is 0 Å². The average molecular weight is 216 g/mol. The van der Waals surface area contributed by atoms with Gasteiger partial charge in [0.15, 0.2) is 0 Å². The van der Waals surface area contributed by atoms with Gasteiger partial charge in [0.1, 0.15) is 11.6 Å². The number of hydrogen-bond donors (Lipinski definition) is 1. The number of imidazole rings is 1. The molecule has 0 unspecified atom stereocenters. The maximum atomic E-state index is 5.58. The van der Waals surface area contributed by atoms with E-state index in [-0.39, 0.29) is 6.10 Å². The first-order valence-corrected chi connectivity index (χ1v) is 5.44. The van der Waals surface area contributed by atoms with Crippen LogP contribution in [0.1, 0.15) is 19.7 Å². The maximum absolute atomic E-state index is 5.58. The molecule has 0 aliphatic heterocycles. The lowest BCUT2D eigenvalue weighted by atomic mass is 10.1. The Morgan fingerprint density at radius 2 is 1.88 bits per heavy atom. The summed E-state index contributed by atoms with van der Waals surface area (Å²) in [4.78, 5) is 7.38. The number of aromatic amines is 1. The van der Waals surface area contributed by atoms with Gasteiger partial charge in [0.05, 0.1) is 18.0 Å². The molecule has 0 bridgehead atoms. The summed E-state index contributed by atoms with van der Waals surface area (Å²) in [6.07, 6.45) is 2.05. The molecule has 1 heterocycles. The van der Waals surface area contributed by atoms with Crippen molar-refractivity contribution in [2.75, 3.05) is 0 Å². The molecule has 0 spiro atoms. The molecule has 0 saturated carbocycles. The molecule has 3 heteroatoms. The molecule has 2 aromatic rings. The van der Waals surface area contributed by atoms with Crippen LogP contribution in [0.5, 0.6) is 5.75 Å². The van der Waals surface area contributed by atoms with Gasteiger partial charge < -0.3 is 9.72 Å². The lowest BCUT2D eigenvalue weighted by Crippen LogP contribution is -2.05. The smallest absolute Gasteiger partial charge is 0.119 e. The molecule has 0 radical (unpaired) electrons. The van der Waals surface area contributed by atoms with Gasteiger partial charge in [-0.2, -0.15) is 0 Å². The molecule has 3 nitrogen and oxygen atoms in total. The quantitative estimate of drug-likeness (QED) is 0.855. The van der Waals surface area contributed by atoms with Crippen LogP contribution in [0.3, 0.4) is 0 Å². The first-order chi connectivity index (χ1) is 7.65. The fraction of sp³-hybridized carbons (Fsp3) is 0.308. The van der Waals surface area contributed by atoms with E-state index in [0.717, 1.165) is 22.8 Å². The Labute approximate surface area is 95.5 Å². The van der Waals surface area contributed by atoms with E-state index in [1.54, 1.807) is 0 Å². The fourth-order valence-electron chi connectivity index (χ4n) is 1.55. The Morgan fingerprint density at radius 1 is 1.19 bits per heavy atom. The SMILES string of the molecule is Cc1ncc(-c2ccc(OC(C)C)cc2)[nH]1. The van der Waals surface area contributed by atoms with E-state index in [0.29, 0.717) is 0 Å². The topological polar surface area (TPSA) is 37.9 Å². The van der Waals surface area contributed by atoms with Crippen molar-refractivity contribution in [3.05, 3.63) is 36.3 Å². The van der Waals surface area contributed by atoms with Gasteiger partial charge in [0.2, 0.25) is 0 Å². The van der Waals surface area contributed by atoms with Gasteiger partial charge in [-0.15, -0.1) is 0 Å². The van der Waals surface area contributed by atoms with Crippen molar-refractivity contribution in [2.45, 2.75) is 26.9 Å². The van der Waals surface area contributed by atoms with Crippen LogP contribution in [-0.4, -0.2) is 16.1 Å². The van der Waals surface area contributed by atoms with Gasteiger partial charge in [-0.25, -0.2) is 4.98 Å². The average Bonchev–Trinajstić information content (AvgIpc) is 2.65. The molecule has 1 aromatic carbocycles.